The molecule has 242 valence electrons. The molecule has 0 fully saturated rings. The van der Waals surface area contributed by atoms with Crippen molar-refractivity contribution in [3.63, 3.8) is 0 Å². The second kappa shape index (κ2) is 15.6. The number of anilines is 1. The topological polar surface area (TPSA) is 96.0 Å². The van der Waals surface area contributed by atoms with Crippen LogP contribution in [0.1, 0.15) is 42.5 Å². The Morgan fingerprint density at radius 3 is 2.00 bits per heavy atom. The van der Waals surface area contributed by atoms with Gasteiger partial charge in [0.25, 0.3) is 10.0 Å². The molecule has 0 aliphatic heterocycles. The van der Waals surface area contributed by atoms with Crippen LogP contribution in [0.25, 0.3) is 0 Å². The minimum atomic E-state index is -4.24. The molecule has 0 heterocycles. The Hall–Kier alpha value is -4.63. The summed E-state index contributed by atoms with van der Waals surface area (Å²) < 4.78 is 35.4. The van der Waals surface area contributed by atoms with Crippen LogP contribution in [0.15, 0.2) is 108 Å². The molecule has 4 aromatic rings. The van der Waals surface area contributed by atoms with Crippen molar-refractivity contribution in [3.05, 3.63) is 125 Å². The predicted molar refractivity (Wildman–Crippen MR) is 182 cm³/mol. The molecule has 0 aliphatic carbocycles. The van der Waals surface area contributed by atoms with E-state index in [4.69, 9.17) is 4.74 Å². The molecule has 2 atom stereocenters. The van der Waals surface area contributed by atoms with E-state index in [2.05, 4.69) is 5.32 Å². The monoisotopic (exact) mass is 641 g/mol. The van der Waals surface area contributed by atoms with Gasteiger partial charge in [0.1, 0.15) is 18.3 Å². The molecule has 0 unspecified atom stereocenters. The van der Waals surface area contributed by atoms with Gasteiger partial charge in [0.05, 0.1) is 17.7 Å². The quantitative estimate of drug-likeness (QED) is 0.181. The number of carbonyl (C=O) groups excluding carboxylic acids is 2. The van der Waals surface area contributed by atoms with Crippen LogP contribution < -0.4 is 14.4 Å². The fourth-order valence-electron chi connectivity index (χ4n) is 5.12. The zero-order valence-electron chi connectivity index (χ0n) is 27.1. The molecule has 1 N–H and O–H groups in total. The number of methoxy groups -OCH3 is 1. The Bertz CT molecular complexity index is 1710. The average Bonchev–Trinajstić information content (AvgIpc) is 3.06. The van der Waals surface area contributed by atoms with Gasteiger partial charge in [0.15, 0.2) is 0 Å². The Kier molecular flexibility index (Phi) is 11.6. The summed E-state index contributed by atoms with van der Waals surface area (Å²) in [5.74, 6) is -0.522. The minimum absolute atomic E-state index is 0.0411. The standard InChI is InChI=1S/C37H43N3O5S/c1-6-29(4)38-37(42)34(24-30-13-9-7-10-14-30)39(25-31-15-11-8-12-16-31)36(41)26-40(33-23-28(3)19-22-35(33)45-5)46(43,44)32-20-17-27(2)18-21-32/h7-23,29,34H,6,24-26H2,1-5H3,(H,38,42)/t29-,34+/m1/s1. The lowest BCUT2D eigenvalue weighted by molar-refractivity contribution is -0.140. The van der Waals surface area contributed by atoms with Crippen LogP contribution in [0.3, 0.4) is 0 Å². The van der Waals surface area contributed by atoms with Gasteiger partial charge in [-0.2, -0.15) is 0 Å². The predicted octanol–water partition coefficient (Wildman–Crippen LogP) is 6.06. The number of hydrogen-bond acceptors (Lipinski definition) is 5. The summed E-state index contributed by atoms with van der Waals surface area (Å²) in [5, 5.41) is 3.06. The molecule has 46 heavy (non-hydrogen) atoms. The van der Waals surface area contributed by atoms with Crippen LogP contribution in [-0.2, 0) is 32.6 Å². The van der Waals surface area contributed by atoms with Crippen LogP contribution in [-0.4, -0.2) is 50.9 Å². The van der Waals surface area contributed by atoms with Crippen LogP contribution in [0.4, 0.5) is 5.69 Å². The first-order valence-electron chi connectivity index (χ1n) is 15.4. The second-order valence-electron chi connectivity index (χ2n) is 11.5. The van der Waals surface area contributed by atoms with E-state index in [1.54, 1.807) is 24.3 Å². The molecule has 4 rings (SSSR count). The van der Waals surface area contributed by atoms with Crippen molar-refractivity contribution in [2.45, 2.75) is 64.1 Å². The van der Waals surface area contributed by atoms with E-state index >= 15 is 0 Å². The van der Waals surface area contributed by atoms with E-state index in [-0.39, 0.29) is 35.5 Å². The van der Waals surface area contributed by atoms with Gasteiger partial charge in [-0.3, -0.25) is 13.9 Å². The number of hydrogen-bond donors (Lipinski definition) is 1. The number of rotatable bonds is 14. The fraction of sp³-hybridized carbons (Fsp3) is 0.297. The number of benzene rings is 4. The SMILES string of the molecule is CC[C@@H](C)NC(=O)[C@H](Cc1ccccc1)N(Cc1ccccc1)C(=O)CN(c1cc(C)ccc1OC)S(=O)(=O)c1ccc(C)cc1. The van der Waals surface area contributed by atoms with Crippen LogP contribution in [0, 0.1) is 13.8 Å². The minimum Gasteiger partial charge on any atom is -0.495 e. The van der Waals surface area contributed by atoms with E-state index in [0.29, 0.717) is 12.2 Å². The largest absolute Gasteiger partial charge is 0.495 e. The molecule has 0 saturated carbocycles. The van der Waals surface area contributed by atoms with Crippen LogP contribution in [0.5, 0.6) is 5.75 Å². The first kappa shape index (κ1) is 34.2. The molecule has 0 bridgehead atoms. The molecular formula is C37H43N3O5S. The Labute approximate surface area is 273 Å². The summed E-state index contributed by atoms with van der Waals surface area (Å²) in [7, 11) is -2.78. The summed E-state index contributed by atoms with van der Waals surface area (Å²) in [6, 6.07) is 29.6. The third kappa shape index (κ3) is 8.54. The highest BCUT2D eigenvalue weighted by atomic mass is 32.2. The van der Waals surface area contributed by atoms with Gasteiger partial charge >= 0.3 is 0 Å². The number of ether oxygens (including phenoxy) is 1. The average molecular weight is 642 g/mol. The molecule has 0 radical (unpaired) electrons. The number of amides is 2. The van der Waals surface area contributed by atoms with E-state index in [1.165, 1.54) is 24.1 Å². The first-order valence-corrected chi connectivity index (χ1v) is 16.9. The summed E-state index contributed by atoms with van der Waals surface area (Å²) in [4.78, 5) is 30.1. The number of nitrogens with one attached hydrogen (secondary N) is 1. The first-order chi connectivity index (χ1) is 22.0. The maximum absolute atomic E-state index is 14.6. The molecule has 0 aliphatic rings. The lowest BCUT2D eigenvalue weighted by Gasteiger charge is -2.34. The Morgan fingerprint density at radius 2 is 1.41 bits per heavy atom. The van der Waals surface area contributed by atoms with Crippen LogP contribution in [0.2, 0.25) is 0 Å². The Morgan fingerprint density at radius 1 is 0.826 bits per heavy atom. The van der Waals surface area contributed by atoms with Gasteiger partial charge in [-0.05, 0) is 68.1 Å². The fourth-order valence-corrected chi connectivity index (χ4v) is 6.54. The van der Waals surface area contributed by atoms with Crippen molar-refractivity contribution >= 4 is 27.5 Å². The van der Waals surface area contributed by atoms with Crippen molar-refractivity contribution in [1.29, 1.82) is 0 Å². The van der Waals surface area contributed by atoms with Gasteiger partial charge in [-0.1, -0.05) is 91.3 Å². The van der Waals surface area contributed by atoms with Gasteiger partial charge in [-0.25, -0.2) is 8.42 Å². The summed E-state index contributed by atoms with van der Waals surface area (Å²) in [5.41, 5.74) is 3.62. The molecular weight excluding hydrogens is 598 g/mol. The van der Waals surface area contributed by atoms with Crippen molar-refractivity contribution in [2.75, 3.05) is 18.0 Å². The summed E-state index contributed by atoms with van der Waals surface area (Å²) >= 11 is 0. The summed E-state index contributed by atoms with van der Waals surface area (Å²) in [6.07, 6.45) is 0.965. The van der Waals surface area contributed by atoms with E-state index in [1.807, 2.05) is 94.4 Å². The number of nitrogens with zero attached hydrogens (tertiary/aromatic N) is 2. The maximum Gasteiger partial charge on any atom is 0.264 e. The second-order valence-corrected chi connectivity index (χ2v) is 13.4. The normalized spacial score (nSPS) is 12.5. The van der Waals surface area contributed by atoms with E-state index < -0.39 is 28.5 Å². The molecule has 8 nitrogen and oxygen atoms in total. The number of carbonyl (C=O) groups is 2. The number of aryl methyl sites for hydroxylation is 2. The highest BCUT2D eigenvalue weighted by molar-refractivity contribution is 7.92. The smallest absolute Gasteiger partial charge is 0.264 e. The zero-order valence-corrected chi connectivity index (χ0v) is 28.0. The van der Waals surface area contributed by atoms with Crippen molar-refractivity contribution in [2.24, 2.45) is 0 Å². The van der Waals surface area contributed by atoms with E-state index in [9.17, 15) is 18.0 Å². The van der Waals surface area contributed by atoms with Gasteiger partial charge in [0, 0.05) is 19.0 Å². The molecule has 0 spiro atoms. The lowest BCUT2D eigenvalue weighted by Crippen LogP contribution is -2.54. The molecule has 0 saturated heterocycles. The third-order valence-corrected chi connectivity index (χ3v) is 9.73. The summed E-state index contributed by atoms with van der Waals surface area (Å²) in [6.45, 7) is 7.17. The highest BCUT2D eigenvalue weighted by Crippen LogP contribution is 2.34. The van der Waals surface area contributed by atoms with Crippen molar-refractivity contribution < 1.29 is 22.7 Å². The molecule has 2 amide bonds. The molecule has 4 aromatic carbocycles. The van der Waals surface area contributed by atoms with Gasteiger partial charge in [0.2, 0.25) is 11.8 Å². The molecule has 0 aromatic heterocycles. The van der Waals surface area contributed by atoms with Crippen molar-refractivity contribution in [1.82, 2.24) is 10.2 Å². The highest BCUT2D eigenvalue weighted by Gasteiger charge is 2.36. The zero-order chi connectivity index (χ0) is 33.3. The van der Waals surface area contributed by atoms with Gasteiger partial charge < -0.3 is 15.0 Å². The third-order valence-electron chi connectivity index (χ3n) is 7.96. The van der Waals surface area contributed by atoms with Crippen molar-refractivity contribution in [3.8, 4) is 5.75 Å². The lowest BCUT2D eigenvalue weighted by atomic mass is 10.0. The number of sulfonamides is 1. The van der Waals surface area contributed by atoms with E-state index in [0.717, 1.165) is 26.6 Å². The Balaban J connectivity index is 1.84. The maximum atomic E-state index is 14.6. The van der Waals surface area contributed by atoms with Gasteiger partial charge in [-0.15, -0.1) is 0 Å². The van der Waals surface area contributed by atoms with Crippen LogP contribution >= 0.6 is 0 Å². The molecule has 9 heteroatoms.